The Hall–Kier alpha value is -2.47. The lowest BCUT2D eigenvalue weighted by molar-refractivity contribution is -0.116. The summed E-state index contributed by atoms with van der Waals surface area (Å²) in [5.41, 5.74) is 2.00. The summed E-state index contributed by atoms with van der Waals surface area (Å²) in [5, 5.41) is 0.404. The van der Waals surface area contributed by atoms with E-state index in [0.717, 1.165) is 5.56 Å². The number of carbonyl (C=O) groups is 1. The number of anilines is 2. The minimum atomic E-state index is -0.380. The van der Waals surface area contributed by atoms with E-state index in [9.17, 15) is 9.18 Å². The second kappa shape index (κ2) is 6.57. The largest absolute Gasteiger partial charge is 0.375 e. The number of halogens is 1. The van der Waals surface area contributed by atoms with Gasteiger partial charge in [0.1, 0.15) is 12.4 Å². The van der Waals surface area contributed by atoms with E-state index in [1.165, 1.54) is 11.0 Å². The van der Waals surface area contributed by atoms with Gasteiger partial charge in [-0.3, -0.25) is 9.69 Å². The molecule has 2 aromatic carbocycles. The number of rotatable bonds is 4. The predicted molar refractivity (Wildman–Crippen MR) is 97.7 cm³/mol. The summed E-state index contributed by atoms with van der Waals surface area (Å²) in [5.74, 6) is -0.525. The lowest BCUT2D eigenvalue weighted by Gasteiger charge is -2.21. The molecule has 1 aliphatic heterocycles. The summed E-state index contributed by atoms with van der Waals surface area (Å²) in [6.07, 6.45) is 0. The van der Waals surface area contributed by atoms with Crippen molar-refractivity contribution in [3.8, 4) is 0 Å². The molecule has 6 heteroatoms. The third-order valence-electron chi connectivity index (χ3n) is 3.92. The molecule has 0 saturated carbocycles. The molecular formula is C18H18FN3OS. The number of nitrogens with zero attached hydrogens (tertiary/aromatic N) is 3. The van der Waals surface area contributed by atoms with Crippen LogP contribution in [0.2, 0.25) is 0 Å². The van der Waals surface area contributed by atoms with E-state index in [1.807, 2.05) is 35.2 Å². The number of hydrogen-bond acceptors (Lipinski definition) is 3. The van der Waals surface area contributed by atoms with Crippen LogP contribution >= 0.6 is 12.2 Å². The van der Waals surface area contributed by atoms with E-state index >= 15 is 0 Å². The van der Waals surface area contributed by atoms with Crippen LogP contribution in [0.3, 0.4) is 0 Å². The zero-order valence-electron chi connectivity index (χ0n) is 13.6. The average Bonchev–Trinajstić information content (AvgIpc) is 2.82. The van der Waals surface area contributed by atoms with Crippen molar-refractivity contribution in [3.05, 3.63) is 59.9 Å². The van der Waals surface area contributed by atoms with Crippen LogP contribution in [0.15, 0.2) is 48.5 Å². The van der Waals surface area contributed by atoms with Crippen LogP contribution in [0, 0.1) is 5.82 Å². The summed E-state index contributed by atoms with van der Waals surface area (Å²) >= 11 is 5.45. The van der Waals surface area contributed by atoms with E-state index < -0.39 is 0 Å². The van der Waals surface area contributed by atoms with Crippen molar-refractivity contribution in [1.29, 1.82) is 0 Å². The standard InChI is InChI=1S/C18H18FN3OS/c1-20(2)16-9-8-14(10-15(16)19)22-17(23)12-21(18(22)24)11-13-6-4-3-5-7-13/h3-10H,11-12H2,1-2H3. The Kier molecular flexibility index (Phi) is 4.49. The van der Waals surface area contributed by atoms with Crippen molar-refractivity contribution >= 4 is 34.6 Å². The van der Waals surface area contributed by atoms with Gasteiger partial charge in [0.25, 0.3) is 5.91 Å². The van der Waals surface area contributed by atoms with Crippen molar-refractivity contribution in [2.24, 2.45) is 0 Å². The SMILES string of the molecule is CN(C)c1ccc(N2C(=O)CN(Cc3ccccc3)C2=S)cc1F. The molecule has 0 bridgehead atoms. The third kappa shape index (κ3) is 3.10. The van der Waals surface area contributed by atoms with Gasteiger partial charge in [0.05, 0.1) is 11.4 Å². The molecule has 0 radical (unpaired) electrons. The molecule has 0 atom stereocenters. The highest BCUT2D eigenvalue weighted by Crippen LogP contribution is 2.27. The Labute approximate surface area is 146 Å². The van der Waals surface area contributed by atoms with Gasteiger partial charge in [0.2, 0.25) is 0 Å². The van der Waals surface area contributed by atoms with Crippen molar-refractivity contribution in [2.75, 3.05) is 30.4 Å². The average molecular weight is 343 g/mol. The van der Waals surface area contributed by atoms with Crippen LogP contribution in [0.5, 0.6) is 0 Å². The van der Waals surface area contributed by atoms with Gasteiger partial charge in [-0.15, -0.1) is 0 Å². The van der Waals surface area contributed by atoms with Crippen LogP contribution in [-0.4, -0.2) is 36.6 Å². The van der Waals surface area contributed by atoms with Crippen molar-refractivity contribution in [1.82, 2.24) is 4.90 Å². The second-order valence-electron chi connectivity index (χ2n) is 5.88. The third-order valence-corrected chi connectivity index (χ3v) is 4.37. The lowest BCUT2D eigenvalue weighted by atomic mass is 10.2. The Morgan fingerprint density at radius 2 is 1.88 bits per heavy atom. The summed E-state index contributed by atoms with van der Waals surface area (Å²) < 4.78 is 14.2. The molecule has 2 aromatic rings. The first kappa shape index (κ1) is 16.4. The number of amides is 1. The quantitative estimate of drug-likeness (QED) is 0.798. The van der Waals surface area contributed by atoms with Crippen LogP contribution in [0.4, 0.5) is 15.8 Å². The molecule has 4 nitrogen and oxygen atoms in total. The predicted octanol–water partition coefficient (Wildman–Crippen LogP) is 3.03. The summed E-state index contributed by atoms with van der Waals surface area (Å²) in [4.78, 5) is 17.3. The first-order chi connectivity index (χ1) is 11.5. The van der Waals surface area contributed by atoms with Gasteiger partial charge >= 0.3 is 0 Å². The molecule has 124 valence electrons. The molecular weight excluding hydrogens is 325 g/mol. The number of hydrogen-bond donors (Lipinski definition) is 0. The second-order valence-corrected chi connectivity index (χ2v) is 6.25. The Balaban J connectivity index is 1.83. The topological polar surface area (TPSA) is 26.8 Å². The minimum Gasteiger partial charge on any atom is -0.375 e. The van der Waals surface area contributed by atoms with Gasteiger partial charge in [0, 0.05) is 26.7 Å². The molecule has 24 heavy (non-hydrogen) atoms. The lowest BCUT2D eigenvalue weighted by Crippen LogP contribution is -2.32. The van der Waals surface area contributed by atoms with E-state index in [2.05, 4.69) is 0 Å². The molecule has 1 amide bonds. The van der Waals surface area contributed by atoms with Gasteiger partial charge in [-0.25, -0.2) is 4.39 Å². The van der Waals surface area contributed by atoms with E-state index in [1.54, 1.807) is 31.1 Å². The highest BCUT2D eigenvalue weighted by atomic mass is 32.1. The van der Waals surface area contributed by atoms with E-state index in [4.69, 9.17) is 12.2 Å². The van der Waals surface area contributed by atoms with Gasteiger partial charge < -0.3 is 9.80 Å². The molecule has 0 N–H and O–H groups in total. The summed E-state index contributed by atoms with van der Waals surface area (Å²) in [7, 11) is 3.54. The number of carbonyl (C=O) groups excluding carboxylic acids is 1. The van der Waals surface area contributed by atoms with Crippen molar-refractivity contribution < 1.29 is 9.18 Å². The first-order valence-corrected chi connectivity index (χ1v) is 8.01. The van der Waals surface area contributed by atoms with Crippen molar-refractivity contribution in [2.45, 2.75) is 6.54 Å². The smallest absolute Gasteiger partial charge is 0.252 e. The van der Waals surface area contributed by atoms with E-state index in [-0.39, 0.29) is 18.3 Å². The summed E-state index contributed by atoms with van der Waals surface area (Å²) in [6.45, 7) is 0.755. The fourth-order valence-corrected chi connectivity index (χ4v) is 3.07. The monoisotopic (exact) mass is 343 g/mol. The highest BCUT2D eigenvalue weighted by molar-refractivity contribution is 7.80. The number of benzene rings is 2. The van der Waals surface area contributed by atoms with Crippen LogP contribution < -0.4 is 9.80 Å². The first-order valence-electron chi connectivity index (χ1n) is 7.60. The molecule has 0 aliphatic carbocycles. The van der Waals surface area contributed by atoms with E-state index in [0.29, 0.717) is 23.0 Å². The van der Waals surface area contributed by atoms with Gasteiger partial charge in [-0.1, -0.05) is 30.3 Å². The maximum Gasteiger partial charge on any atom is 0.252 e. The highest BCUT2D eigenvalue weighted by Gasteiger charge is 2.34. The molecule has 1 fully saturated rings. The van der Waals surface area contributed by atoms with Crippen LogP contribution in [0.1, 0.15) is 5.56 Å². The fourth-order valence-electron chi connectivity index (χ4n) is 2.73. The summed E-state index contributed by atoms with van der Waals surface area (Å²) in [6, 6.07) is 14.5. The van der Waals surface area contributed by atoms with Crippen molar-refractivity contribution in [3.63, 3.8) is 0 Å². The molecule has 0 aromatic heterocycles. The van der Waals surface area contributed by atoms with Gasteiger partial charge in [0.15, 0.2) is 5.11 Å². The van der Waals surface area contributed by atoms with Crippen LogP contribution in [0.25, 0.3) is 0 Å². The molecule has 1 saturated heterocycles. The minimum absolute atomic E-state index is 0.145. The Morgan fingerprint density at radius 3 is 2.50 bits per heavy atom. The Bertz CT molecular complexity index is 779. The normalized spacial score (nSPS) is 14.5. The Morgan fingerprint density at radius 1 is 1.17 bits per heavy atom. The zero-order valence-corrected chi connectivity index (χ0v) is 14.4. The molecule has 0 unspecified atom stereocenters. The van der Waals surface area contributed by atoms with Crippen LogP contribution in [-0.2, 0) is 11.3 Å². The zero-order chi connectivity index (χ0) is 17.3. The maximum absolute atomic E-state index is 14.2. The number of thiocarbonyl (C=S) groups is 1. The molecule has 3 rings (SSSR count). The molecule has 1 aliphatic rings. The molecule has 0 spiro atoms. The van der Waals surface area contributed by atoms with Gasteiger partial charge in [-0.2, -0.15) is 0 Å². The molecule has 1 heterocycles. The maximum atomic E-state index is 14.2. The van der Waals surface area contributed by atoms with Gasteiger partial charge in [-0.05, 0) is 29.9 Å². The fraction of sp³-hybridized carbons (Fsp3) is 0.222.